The van der Waals surface area contributed by atoms with Gasteiger partial charge in [-0.25, -0.2) is 4.98 Å². The number of nitrogens with zero attached hydrogens (tertiary/aromatic N) is 2. The summed E-state index contributed by atoms with van der Waals surface area (Å²) >= 11 is 0. The normalized spacial score (nSPS) is 10.9. The minimum atomic E-state index is -0.0191. The first-order chi connectivity index (χ1) is 18.5. The molecule has 0 fully saturated rings. The van der Waals surface area contributed by atoms with Gasteiger partial charge in [-0.1, -0.05) is 36.4 Å². The molecule has 38 heavy (non-hydrogen) atoms. The molecule has 0 aliphatic heterocycles. The maximum Gasteiger partial charge on any atom is 0.224 e. The van der Waals surface area contributed by atoms with E-state index in [1.54, 1.807) is 14.2 Å². The standard InChI is InChI=1S/C31H37N3O4/c1-22-10-7-11-23(2)31(22)38-19-9-18-34-26-13-6-5-12-25(26)33-29(34)14-8-17-32-30(35)21-24-15-16-27(36-3)28(20-24)37-4/h5-7,10-13,15-16,20H,8-9,14,17-19,21H2,1-4H3,(H,32,35). The van der Waals surface area contributed by atoms with Crippen LogP contribution in [0.1, 0.15) is 35.4 Å². The first-order valence-corrected chi connectivity index (χ1v) is 13.1. The van der Waals surface area contributed by atoms with E-state index in [0.717, 1.165) is 65.1 Å². The van der Waals surface area contributed by atoms with E-state index >= 15 is 0 Å². The minimum absolute atomic E-state index is 0.0191. The van der Waals surface area contributed by atoms with Crippen molar-refractivity contribution in [1.29, 1.82) is 0 Å². The van der Waals surface area contributed by atoms with Crippen LogP contribution >= 0.6 is 0 Å². The van der Waals surface area contributed by atoms with Crippen LogP contribution in [0.5, 0.6) is 17.2 Å². The molecule has 1 aromatic heterocycles. The number of nitrogens with one attached hydrogen (secondary N) is 1. The lowest BCUT2D eigenvalue weighted by atomic mass is 10.1. The molecule has 0 atom stereocenters. The fourth-order valence-electron chi connectivity index (χ4n) is 4.70. The average Bonchev–Trinajstić information content (AvgIpc) is 3.27. The molecule has 0 aliphatic rings. The second-order valence-corrected chi connectivity index (χ2v) is 9.41. The molecule has 4 aromatic rings. The Morgan fingerprint density at radius 1 is 0.921 bits per heavy atom. The number of para-hydroxylation sites is 3. The molecular formula is C31H37N3O4. The van der Waals surface area contributed by atoms with E-state index in [-0.39, 0.29) is 5.91 Å². The van der Waals surface area contributed by atoms with Crippen molar-refractivity contribution in [2.45, 2.75) is 46.1 Å². The van der Waals surface area contributed by atoms with E-state index in [9.17, 15) is 4.79 Å². The summed E-state index contributed by atoms with van der Waals surface area (Å²) in [5.74, 6) is 3.27. The Hall–Kier alpha value is -4.00. The van der Waals surface area contributed by atoms with Gasteiger partial charge in [-0.05, 0) is 67.6 Å². The topological polar surface area (TPSA) is 74.6 Å². The van der Waals surface area contributed by atoms with Gasteiger partial charge in [0.05, 0.1) is 38.3 Å². The zero-order valence-corrected chi connectivity index (χ0v) is 22.8. The molecule has 7 heteroatoms. The van der Waals surface area contributed by atoms with E-state index in [2.05, 4.69) is 48.0 Å². The number of aryl methyl sites for hydroxylation is 4. The van der Waals surface area contributed by atoms with Gasteiger partial charge in [-0.15, -0.1) is 0 Å². The highest BCUT2D eigenvalue weighted by Gasteiger charge is 2.12. The molecule has 4 rings (SSSR count). The summed E-state index contributed by atoms with van der Waals surface area (Å²) in [6.45, 7) is 6.22. The van der Waals surface area contributed by atoms with Gasteiger partial charge in [0.2, 0.25) is 5.91 Å². The van der Waals surface area contributed by atoms with Crippen molar-refractivity contribution in [3.63, 3.8) is 0 Å². The summed E-state index contributed by atoms with van der Waals surface area (Å²) < 4.78 is 19.0. The third kappa shape index (κ3) is 6.65. The number of rotatable bonds is 13. The van der Waals surface area contributed by atoms with Crippen LogP contribution in [-0.4, -0.2) is 42.8 Å². The smallest absolute Gasteiger partial charge is 0.224 e. The summed E-state index contributed by atoms with van der Waals surface area (Å²) in [6, 6.07) is 20.0. The van der Waals surface area contributed by atoms with Crippen molar-refractivity contribution in [3.8, 4) is 17.2 Å². The predicted molar refractivity (Wildman–Crippen MR) is 150 cm³/mol. The molecule has 0 radical (unpaired) electrons. The highest BCUT2D eigenvalue weighted by Crippen LogP contribution is 2.27. The third-order valence-electron chi connectivity index (χ3n) is 6.63. The van der Waals surface area contributed by atoms with Crippen molar-refractivity contribution >= 4 is 16.9 Å². The van der Waals surface area contributed by atoms with Crippen molar-refractivity contribution in [2.24, 2.45) is 0 Å². The van der Waals surface area contributed by atoms with E-state index < -0.39 is 0 Å². The number of hydrogen-bond acceptors (Lipinski definition) is 5. The number of imidazole rings is 1. The zero-order chi connectivity index (χ0) is 26.9. The molecule has 0 unspecified atom stereocenters. The van der Waals surface area contributed by atoms with Gasteiger partial charge in [0.15, 0.2) is 11.5 Å². The Balaban J connectivity index is 1.30. The SMILES string of the molecule is COc1ccc(CC(=O)NCCCc2nc3ccccc3n2CCCOc2c(C)cccc2C)cc1OC. The van der Waals surface area contributed by atoms with Crippen LogP contribution in [0, 0.1) is 13.8 Å². The monoisotopic (exact) mass is 515 g/mol. The first kappa shape index (κ1) is 27.0. The number of amides is 1. The predicted octanol–water partition coefficient (Wildman–Crippen LogP) is 5.43. The van der Waals surface area contributed by atoms with Crippen LogP contribution in [0.2, 0.25) is 0 Å². The maximum absolute atomic E-state index is 12.5. The van der Waals surface area contributed by atoms with E-state index in [4.69, 9.17) is 19.2 Å². The molecule has 1 heterocycles. The Labute approximate surface area is 224 Å². The molecule has 200 valence electrons. The van der Waals surface area contributed by atoms with Gasteiger partial charge in [0.25, 0.3) is 0 Å². The van der Waals surface area contributed by atoms with Gasteiger partial charge in [-0.3, -0.25) is 4.79 Å². The van der Waals surface area contributed by atoms with E-state index in [1.165, 1.54) is 0 Å². The molecule has 1 N–H and O–H groups in total. The number of ether oxygens (including phenoxy) is 3. The van der Waals surface area contributed by atoms with E-state index in [1.807, 2.05) is 36.4 Å². The Bertz CT molecular complexity index is 1360. The maximum atomic E-state index is 12.5. The molecule has 1 amide bonds. The third-order valence-corrected chi connectivity index (χ3v) is 6.63. The molecule has 0 spiro atoms. The lowest BCUT2D eigenvalue weighted by Crippen LogP contribution is -2.26. The fraction of sp³-hybridized carbons (Fsp3) is 0.355. The van der Waals surface area contributed by atoms with Crippen LogP contribution in [-0.2, 0) is 24.2 Å². The quantitative estimate of drug-likeness (QED) is 0.240. The fourth-order valence-corrected chi connectivity index (χ4v) is 4.70. The van der Waals surface area contributed by atoms with Crippen molar-refractivity contribution < 1.29 is 19.0 Å². The molecule has 0 aliphatic carbocycles. The van der Waals surface area contributed by atoms with Gasteiger partial charge < -0.3 is 24.1 Å². The van der Waals surface area contributed by atoms with Crippen LogP contribution in [0.3, 0.4) is 0 Å². The van der Waals surface area contributed by atoms with Gasteiger partial charge >= 0.3 is 0 Å². The highest BCUT2D eigenvalue weighted by molar-refractivity contribution is 5.79. The van der Waals surface area contributed by atoms with Gasteiger partial charge in [0.1, 0.15) is 11.6 Å². The molecule has 0 bridgehead atoms. The van der Waals surface area contributed by atoms with Crippen LogP contribution in [0.4, 0.5) is 0 Å². The van der Waals surface area contributed by atoms with Crippen LogP contribution in [0.15, 0.2) is 60.7 Å². The molecule has 7 nitrogen and oxygen atoms in total. The number of fused-ring (bicyclic) bond motifs is 1. The van der Waals surface area contributed by atoms with Gasteiger partial charge in [-0.2, -0.15) is 0 Å². The van der Waals surface area contributed by atoms with Crippen molar-refractivity contribution in [2.75, 3.05) is 27.4 Å². The average molecular weight is 516 g/mol. The summed E-state index contributed by atoms with van der Waals surface area (Å²) in [5.41, 5.74) is 5.33. The lowest BCUT2D eigenvalue weighted by Gasteiger charge is -2.13. The molecular weight excluding hydrogens is 478 g/mol. The largest absolute Gasteiger partial charge is 0.493 e. The van der Waals surface area contributed by atoms with E-state index in [0.29, 0.717) is 31.1 Å². The molecule has 3 aromatic carbocycles. The second-order valence-electron chi connectivity index (χ2n) is 9.41. The second kappa shape index (κ2) is 13.0. The number of methoxy groups -OCH3 is 2. The summed E-state index contributed by atoms with van der Waals surface area (Å²) in [4.78, 5) is 17.4. The molecule has 0 saturated heterocycles. The van der Waals surface area contributed by atoms with Crippen LogP contribution in [0.25, 0.3) is 11.0 Å². The summed E-state index contributed by atoms with van der Waals surface area (Å²) in [6.07, 6.45) is 2.76. The number of aromatic nitrogens is 2. The lowest BCUT2D eigenvalue weighted by molar-refractivity contribution is -0.120. The number of carbonyl (C=O) groups excluding carboxylic acids is 1. The Morgan fingerprint density at radius 3 is 2.45 bits per heavy atom. The Kier molecular flexibility index (Phi) is 9.25. The van der Waals surface area contributed by atoms with Crippen LogP contribution < -0.4 is 19.5 Å². The summed E-state index contributed by atoms with van der Waals surface area (Å²) in [7, 11) is 3.19. The summed E-state index contributed by atoms with van der Waals surface area (Å²) in [5, 5.41) is 3.03. The van der Waals surface area contributed by atoms with Gasteiger partial charge in [0, 0.05) is 19.5 Å². The first-order valence-electron chi connectivity index (χ1n) is 13.1. The Morgan fingerprint density at radius 2 is 1.68 bits per heavy atom. The molecule has 0 saturated carbocycles. The number of carbonyl (C=O) groups is 1. The zero-order valence-electron chi connectivity index (χ0n) is 22.8. The number of benzene rings is 3. The highest BCUT2D eigenvalue weighted by atomic mass is 16.5. The van der Waals surface area contributed by atoms with Crippen molar-refractivity contribution in [1.82, 2.24) is 14.9 Å². The minimum Gasteiger partial charge on any atom is -0.493 e. The number of hydrogen-bond donors (Lipinski definition) is 1. The van der Waals surface area contributed by atoms with Crippen molar-refractivity contribution in [3.05, 3.63) is 83.2 Å².